The first kappa shape index (κ1) is 22.9. The van der Waals surface area contributed by atoms with Crippen LogP contribution in [0.4, 0.5) is 0 Å². The van der Waals surface area contributed by atoms with Crippen molar-refractivity contribution in [2.45, 2.75) is 115 Å². The normalized spacial score (nSPS) is 20.8. The van der Waals surface area contributed by atoms with E-state index in [-0.39, 0.29) is 13.2 Å². The second-order valence-corrected chi connectivity index (χ2v) is 7.59. The van der Waals surface area contributed by atoms with E-state index < -0.39 is 6.10 Å². The van der Waals surface area contributed by atoms with Crippen molar-refractivity contribution in [1.29, 1.82) is 0 Å². The number of epoxide rings is 1. The highest BCUT2D eigenvalue weighted by Gasteiger charge is 2.36. The zero-order chi connectivity index (χ0) is 18.2. The number of hydrogen-bond acceptors (Lipinski definition) is 4. The minimum absolute atomic E-state index is 0.218. The molecule has 25 heavy (non-hydrogen) atoms. The van der Waals surface area contributed by atoms with Gasteiger partial charge in [0.15, 0.2) is 0 Å². The molecule has 0 aromatic heterocycles. The largest absolute Gasteiger partial charge is 0.394 e. The van der Waals surface area contributed by atoms with Crippen molar-refractivity contribution in [1.82, 2.24) is 0 Å². The fraction of sp³-hybridized carbons (Fsp3) is 1.00. The maximum absolute atomic E-state index is 9.13. The van der Waals surface area contributed by atoms with Crippen molar-refractivity contribution < 1.29 is 19.7 Å². The summed E-state index contributed by atoms with van der Waals surface area (Å²) >= 11 is 0. The molecular formula is C21H42O4. The highest BCUT2D eigenvalue weighted by atomic mass is 16.6. The van der Waals surface area contributed by atoms with Gasteiger partial charge >= 0.3 is 0 Å². The van der Waals surface area contributed by atoms with Crippen molar-refractivity contribution in [3.8, 4) is 0 Å². The Kier molecular flexibility index (Phi) is 14.7. The number of aliphatic hydroxyl groups excluding tert-OH is 2. The smallest absolute Gasteiger partial charge is 0.100 e. The molecule has 0 saturated carbocycles. The summed E-state index contributed by atoms with van der Waals surface area (Å²) in [6, 6.07) is 0. The zero-order valence-corrected chi connectivity index (χ0v) is 16.5. The molecular weight excluding hydrogens is 316 g/mol. The third-order valence-corrected chi connectivity index (χ3v) is 5.08. The van der Waals surface area contributed by atoms with Crippen molar-refractivity contribution in [3.05, 3.63) is 0 Å². The Bertz CT molecular complexity index is 285. The van der Waals surface area contributed by atoms with E-state index in [0.717, 1.165) is 6.42 Å². The summed E-state index contributed by atoms with van der Waals surface area (Å²) in [6.45, 7) is 2.99. The molecule has 0 bridgehead atoms. The maximum atomic E-state index is 9.13. The van der Waals surface area contributed by atoms with E-state index in [1.165, 1.54) is 83.5 Å². The van der Waals surface area contributed by atoms with E-state index in [1.807, 2.05) is 0 Å². The Balaban J connectivity index is 1.73. The van der Waals surface area contributed by atoms with Crippen molar-refractivity contribution in [3.63, 3.8) is 0 Å². The van der Waals surface area contributed by atoms with Gasteiger partial charge in [-0.2, -0.15) is 0 Å². The summed E-state index contributed by atoms with van der Waals surface area (Å²) in [7, 11) is 0. The van der Waals surface area contributed by atoms with Crippen LogP contribution in [0.1, 0.15) is 96.8 Å². The van der Waals surface area contributed by atoms with Crippen LogP contribution in [0, 0.1) is 0 Å². The molecule has 4 heteroatoms. The number of unbranched alkanes of at least 4 members (excludes halogenated alkanes) is 10. The molecule has 1 rings (SSSR count). The molecule has 3 atom stereocenters. The summed E-state index contributed by atoms with van der Waals surface area (Å²) in [5, 5.41) is 17.8. The number of rotatable bonds is 19. The summed E-state index contributed by atoms with van der Waals surface area (Å²) in [5.74, 6) is 0. The standard InChI is InChI=1S/C21H42O4/c1-2-3-4-5-8-11-14-20-21(25-20)15-12-9-6-7-10-13-16-24-18-19(23)17-22/h19-23H,2-18H2,1H3/t19-,20+,21+/m1/s1. The molecule has 2 N–H and O–H groups in total. The highest BCUT2D eigenvalue weighted by Crippen LogP contribution is 2.31. The molecule has 0 radical (unpaired) electrons. The lowest BCUT2D eigenvalue weighted by molar-refractivity contribution is 0.00526. The lowest BCUT2D eigenvalue weighted by atomic mass is 10.0. The average Bonchev–Trinajstić information content (AvgIpc) is 3.37. The van der Waals surface area contributed by atoms with Crippen molar-refractivity contribution >= 4 is 0 Å². The summed E-state index contributed by atoms with van der Waals surface area (Å²) in [4.78, 5) is 0. The Morgan fingerprint density at radius 2 is 1.32 bits per heavy atom. The lowest BCUT2D eigenvalue weighted by Crippen LogP contribution is -2.19. The van der Waals surface area contributed by atoms with Gasteiger partial charge in [0, 0.05) is 6.61 Å². The fourth-order valence-electron chi connectivity index (χ4n) is 3.34. The molecule has 1 aliphatic heterocycles. The first-order valence-corrected chi connectivity index (χ1v) is 10.8. The summed E-state index contributed by atoms with van der Waals surface area (Å²) < 4.78 is 11.1. The summed E-state index contributed by atoms with van der Waals surface area (Å²) in [6.07, 6.45) is 18.6. The van der Waals surface area contributed by atoms with Gasteiger partial charge in [-0.25, -0.2) is 0 Å². The number of aliphatic hydroxyl groups is 2. The van der Waals surface area contributed by atoms with Crippen LogP contribution in [-0.4, -0.2) is 48.3 Å². The Morgan fingerprint density at radius 1 is 0.800 bits per heavy atom. The number of hydrogen-bond donors (Lipinski definition) is 2. The van der Waals surface area contributed by atoms with Gasteiger partial charge in [0.1, 0.15) is 6.10 Å². The SMILES string of the molecule is CCCCCCCC[C@@H]1O[C@H]1CCCCCCCCOC[C@H](O)CO. The molecule has 1 aliphatic rings. The van der Waals surface area contributed by atoms with Gasteiger partial charge in [-0.05, 0) is 19.3 Å². The van der Waals surface area contributed by atoms with Crippen molar-refractivity contribution in [2.24, 2.45) is 0 Å². The fourth-order valence-corrected chi connectivity index (χ4v) is 3.34. The van der Waals surface area contributed by atoms with Crippen molar-refractivity contribution in [2.75, 3.05) is 19.8 Å². The quantitative estimate of drug-likeness (QED) is 0.261. The lowest BCUT2D eigenvalue weighted by Gasteiger charge is -2.07. The number of ether oxygens (including phenoxy) is 2. The topological polar surface area (TPSA) is 62.2 Å². The molecule has 4 nitrogen and oxygen atoms in total. The summed E-state index contributed by atoms with van der Waals surface area (Å²) in [5.41, 5.74) is 0. The van der Waals surface area contributed by atoms with Crippen LogP contribution in [-0.2, 0) is 9.47 Å². The first-order chi connectivity index (χ1) is 12.3. The Hall–Kier alpha value is -0.160. The Morgan fingerprint density at radius 3 is 1.88 bits per heavy atom. The molecule has 1 fully saturated rings. The van der Waals surface area contributed by atoms with Gasteiger partial charge in [-0.3, -0.25) is 0 Å². The minimum atomic E-state index is -0.727. The van der Waals surface area contributed by atoms with E-state index >= 15 is 0 Å². The van der Waals surface area contributed by atoms with Gasteiger partial charge in [0.05, 0.1) is 25.4 Å². The van der Waals surface area contributed by atoms with Crippen LogP contribution < -0.4 is 0 Å². The van der Waals surface area contributed by atoms with Crippen LogP contribution in [0.3, 0.4) is 0 Å². The highest BCUT2D eigenvalue weighted by molar-refractivity contribution is 4.84. The molecule has 0 aromatic carbocycles. The van der Waals surface area contributed by atoms with Crippen LogP contribution in [0.15, 0.2) is 0 Å². The maximum Gasteiger partial charge on any atom is 0.100 e. The molecule has 0 aromatic rings. The van der Waals surface area contributed by atoms with E-state index in [1.54, 1.807) is 0 Å². The van der Waals surface area contributed by atoms with Crippen LogP contribution >= 0.6 is 0 Å². The monoisotopic (exact) mass is 358 g/mol. The first-order valence-electron chi connectivity index (χ1n) is 10.8. The minimum Gasteiger partial charge on any atom is -0.394 e. The van der Waals surface area contributed by atoms with Gasteiger partial charge in [-0.1, -0.05) is 77.6 Å². The van der Waals surface area contributed by atoms with Crippen LogP contribution in [0.25, 0.3) is 0 Å². The van der Waals surface area contributed by atoms with E-state index in [9.17, 15) is 0 Å². The zero-order valence-electron chi connectivity index (χ0n) is 16.5. The second kappa shape index (κ2) is 16.0. The molecule has 1 heterocycles. The van der Waals surface area contributed by atoms with Gasteiger partial charge in [-0.15, -0.1) is 0 Å². The molecule has 150 valence electrons. The second-order valence-electron chi connectivity index (χ2n) is 7.59. The predicted molar refractivity (Wildman–Crippen MR) is 103 cm³/mol. The third kappa shape index (κ3) is 13.7. The molecule has 0 spiro atoms. The molecule has 0 aliphatic carbocycles. The van der Waals surface area contributed by atoms with Gasteiger partial charge < -0.3 is 19.7 Å². The predicted octanol–water partition coefficient (Wildman–Crippen LogP) is 4.60. The van der Waals surface area contributed by atoms with E-state index in [4.69, 9.17) is 19.7 Å². The van der Waals surface area contributed by atoms with Gasteiger partial charge in [0.2, 0.25) is 0 Å². The average molecular weight is 359 g/mol. The van der Waals surface area contributed by atoms with Crippen LogP contribution in [0.5, 0.6) is 0 Å². The Labute approximate surface area is 155 Å². The van der Waals surface area contributed by atoms with E-state index in [2.05, 4.69) is 6.92 Å². The van der Waals surface area contributed by atoms with Crippen LogP contribution in [0.2, 0.25) is 0 Å². The third-order valence-electron chi connectivity index (χ3n) is 5.08. The molecule has 0 unspecified atom stereocenters. The molecule has 1 saturated heterocycles. The van der Waals surface area contributed by atoms with Gasteiger partial charge in [0.25, 0.3) is 0 Å². The molecule has 0 amide bonds. The van der Waals surface area contributed by atoms with E-state index in [0.29, 0.717) is 18.8 Å².